The van der Waals surface area contributed by atoms with Gasteiger partial charge in [-0.1, -0.05) is 32.9 Å². The number of hydrogen-bond donors (Lipinski definition) is 1. The number of methoxy groups -OCH3 is 1. The molecule has 0 spiro atoms. The number of rotatable bonds is 3. The van der Waals surface area contributed by atoms with Crippen molar-refractivity contribution in [3.8, 4) is 6.01 Å². The first kappa shape index (κ1) is 16.9. The molecule has 0 saturated heterocycles. The topological polar surface area (TPSA) is 64.1 Å². The van der Waals surface area contributed by atoms with Crippen molar-refractivity contribution in [2.24, 2.45) is 0 Å². The second kappa shape index (κ2) is 6.36. The van der Waals surface area contributed by atoms with E-state index in [9.17, 15) is 4.79 Å². The van der Waals surface area contributed by atoms with Gasteiger partial charge in [0.1, 0.15) is 0 Å². The molecule has 1 aromatic heterocycles. The summed E-state index contributed by atoms with van der Waals surface area (Å²) in [6, 6.07) is 7.95. The monoisotopic (exact) mass is 313 g/mol. The van der Waals surface area contributed by atoms with Crippen molar-refractivity contribution < 1.29 is 9.53 Å². The number of carbonyl (C=O) groups is 1. The molecule has 122 valence electrons. The molecule has 2 rings (SSSR count). The Balaban J connectivity index is 2.23. The predicted octanol–water partition coefficient (Wildman–Crippen LogP) is 3.65. The summed E-state index contributed by atoms with van der Waals surface area (Å²) in [4.78, 5) is 20.8. The fraction of sp³-hybridized carbons (Fsp3) is 0.389. The van der Waals surface area contributed by atoms with Crippen molar-refractivity contribution in [3.63, 3.8) is 0 Å². The largest absolute Gasteiger partial charge is 0.467 e. The zero-order chi connectivity index (χ0) is 17.2. The second-order valence-corrected chi connectivity index (χ2v) is 6.54. The zero-order valence-corrected chi connectivity index (χ0v) is 14.5. The smallest absolute Gasteiger partial charge is 0.316 e. The molecule has 0 fully saturated rings. The van der Waals surface area contributed by atoms with Gasteiger partial charge in [-0.25, -0.2) is 0 Å². The third kappa shape index (κ3) is 3.86. The van der Waals surface area contributed by atoms with E-state index in [-0.39, 0.29) is 11.3 Å². The molecule has 0 unspecified atom stereocenters. The fourth-order valence-corrected chi connectivity index (χ4v) is 2.27. The van der Waals surface area contributed by atoms with Crippen LogP contribution < -0.4 is 10.1 Å². The molecule has 0 aliphatic carbocycles. The highest BCUT2D eigenvalue weighted by molar-refractivity contribution is 6.04. The number of ether oxygens (including phenoxy) is 1. The number of carbonyl (C=O) groups excluding carboxylic acids is 1. The van der Waals surface area contributed by atoms with Gasteiger partial charge in [-0.3, -0.25) is 4.79 Å². The van der Waals surface area contributed by atoms with E-state index < -0.39 is 0 Å². The van der Waals surface area contributed by atoms with E-state index in [1.807, 2.05) is 38.1 Å². The lowest BCUT2D eigenvalue weighted by molar-refractivity contribution is 0.102. The van der Waals surface area contributed by atoms with Crippen LogP contribution in [0.5, 0.6) is 6.01 Å². The maximum Gasteiger partial charge on any atom is 0.316 e. The van der Waals surface area contributed by atoms with Gasteiger partial charge in [0, 0.05) is 5.56 Å². The molecule has 5 heteroatoms. The van der Waals surface area contributed by atoms with Crippen LogP contribution in [0.4, 0.5) is 5.69 Å². The normalized spacial score (nSPS) is 11.2. The van der Waals surface area contributed by atoms with Gasteiger partial charge >= 0.3 is 6.01 Å². The minimum Gasteiger partial charge on any atom is -0.467 e. The van der Waals surface area contributed by atoms with E-state index in [1.54, 1.807) is 0 Å². The molecular weight excluding hydrogens is 290 g/mol. The molecular formula is C18H23N3O2. The molecule has 1 heterocycles. The van der Waals surface area contributed by atoms with Crippen molar-refractivity contribution in [1.29, 1.82) is 0 Å². The van der Waals surface area contributed by atoms with E-state index in [0.717, 1.165) is 0 Å². The number of nitrogens with one attached hydrogen (secondary N) is 1. The minimum absolute atomic E-state index is 0.0615. The molecule has 23 heavy (non-hydrogen) atoms. The van der Waals surface area contributed by atoms with Crippen molar-refractivity contribution in [2.45, 2.75) is 40.0 Å². The quantitative estimate of drug-likeness (QED) is 0.939. The summed E-state index contributed by atoms with van der Waals surface area (Å²) in [6.45, 7) is 10.1. The molecule has 0 bridgehead atoms. The third-order valence-corrected chi connectivity index (χ3v) is 3.68. The van der Waals surface area contributed by atoms with Crippen LogP contribution in [0.15, 0.2) is 24.3 Å². The lowest BCUT2D eigenvalue weighted by Crippen LogP contribution is -2.16. The lowest BCUT2D eigenvalue weighted by atomic mass is 9.87. The van der Waals surface area contributed by atoms with Gasteiger partial charge in [-0.2, -0.15) is 9.97 Å². The summed E-state index contributed by atoms with van der Waals surface area (Å²) >= 11 is 0. The van der Waals surface area contributed by atoms with Crippen molar-refractivity contribution in [2.75, 3.05) is 12.4 Å². The summed E-state index contributed by atoms with van der Waals surface area (Å²) in [5.41, 5.74) is 3.83. The minimum atomic E-state index is -0.176. The highest BCUT2D eigenvalue weighted by Gasteiger charge is 2.16. The first-order valence-corrected chi connectivity index (χ1v) is 7.53. The average molecular weight is 313 g/mol. The zero-order valence-electron chi connectivity index (χ0n) is 14.5. The van der Waals surface area contributed by atoms with E-state index in [2.05, 4.69) is 36.1 Å². The summed E-state index contributed by atoms with van der Waals surface area (Å²) in [7, 11) is 1.52. The van der Waals surface area contributed by atoms with Crippen LogP contribution in [-0.4, -0.2) is 23.0 Å². The van der Waals surface area contributed by atoms with Crippen LogP contribution in [0.2, 0.25) is 0 Å². The molecule has 5 nitrogen and oxygen atoms in total. The maximum atomic E-state index is 12.4. The number of amides is 1. The number of aromatic nitrogens is 2. The number of anilines is 1. The van der Waals surface area contributed by atoms with Crippen LogP contribution in [0.1, 0.15) is 48.1 Å². The third-order valence-electron chi connectivity index (χ3n) is 3.68. The second-order valence-electron chi connectivity index (χ2n) is 6.54. The number of hydrogen-bond acceptors (Lipinski definition) is 4. The van der Waals surface area contributed by atoms with Gasteiger partial charge < -0.3 is 10.1 Å². The van der Waals surface area contributed by atoms with E-state index >= 15 is 0 Å². The highest BCUT2D eigenvalue weighted by Crippen LogP contribution is 2.23. The molecule has 0 radical (unpaired) electrons. The Bertz CT molecular complexity index is 693. The molecule has 0 aliphatic heterocycles. The Morgan fingerprint density at radius 1 is 1.04 bits per heavy atom. The van der Waals surface area contributed by atoms with Gasteiger partial charge in [0.2, 0.25) is 0 Å². The Morgan fingerprint density at radius 2 is 1.57 bits per heavy atom. The van der Waals surface area contributed by atoms with Crippen LogP contribution >= 0.6 is 0 Å². The van der Waals surface area contributed by atoms with E-state index in [1.165, 1.54) is 12.7 Å². The average Bonchev–Trinajstić information content (AvgIpc) is 2.49. The van der Waals surface area contributed by atoms with Crippen molar-refractivity contribution in [3.05, 3.63) is 46.8 Å². The first-order chi connectivity index (χ1) is 10.7. The first-order valence-electron chi connectivity index (χ1n) is 7.53. The van der Waals surface area contributed by atoms with Crippen LogP contribution in [0, 0.1) is 13.8 Å². The Hall–Kier alpha value is -2.43. The van der Waals surface area contributed by atoms with Crippen LogP contribution in [0.3, 0.4) is 0 Å². The number of benzene rings is 1. The summed E-state index contributed by atoms with van der Waals surface area (Å²) in [5.74, 6) is -0.176. The summed E-state index contributed by atoms with van der Waals surface area (Å²) in [6.07, 6.45) is 0. The standard InChI is InChI=1S/C18H23N3O2/c1-11-15(12(2)20-17(19-11)23-6)21-16(22)13-7-9-14(10-8-13)18(3,4)5/h7-10H,1-6H3,(H,21,22). The molecule has 0 saturated carbocycles. The fourth-order valence-electron chi connectivity index (χ4n) is 2.27. The van der Waals surface area contributed by atoms with E-state index in [4.69, 9.17) is 4.74 Å². The molecule has 2 aromatic rings. The molecule has 1 aromatic carbocycles. The molecule has 0 aliphatic rings. The number of aryl methyl sites for hydroxylation is 2. The highest BCUT2D eigenvalue weighted by atomic mass is 16.5. The molecule has 1 N–H and O–H groups in total. The Morgan fingerprint density at radius 3 is 2.00 bits per heavy atom. The van der Waals surface area contributed by atoms with Crippen molar-refractivity contribution in [1.82, 2.24) is 9.97 Å². The Labute approximate surface area is 137 Å². The maximum absolute atomic E-state index is 12.4. The van der Waals surface area contributed by atoms with Gasteiger partial charge in [-0.15, -0.1) is 0 Å². The van der Waals surface area contributed by atoms with Gasteiger partial charge in [0.25, 0.3) is 5.91 Å². The van der Waals surface area contributed by atoms with Crippen LogP contribution in [0.25, 0.3) is 0 Å². The predicted molar refractivity (Wildman–Crippen MR) is 91.2 cm³/mol. The van der Waals surface area contributed by atoms with Gasteiger partial charge in [0.15, 0.2) is 0 Å². The van der Waals surface area contributed by atoms with Gasteiger partial charge in [-0.05, 0) is 37.0 Å². The van der Waals surface area contributed by atoms with E-state index in [0.29, 0.717) is 28.6 Å². The molecule has 1 amide bonds. The van der Waals surface area contributed by atoms with Gasteiger partial charge in [0.05, 0.1) is 24.2 Å². The summed E-state index contributed by atoms with van der Waals surface area (Å²) in [5, 5.41) is 2.88. The summed E-state index contributed by atoms with van der Waals surface area (Å²) < 4.78 is 5.03. The van der Waals surface area contributed by atoms with Crippen molar-refractivity contribution >= 4 is 11.6 Å². The molecule has 0 atom stereocenters. The van der Waals surface area contributed by atoms with Crippen LogP contribution in [-0.2, 0) is 5.41 Å². The number of nitrogens with zero attached hydrogens (tertiary/aromatic N) is 2. The SMILES string of the molecule is COc1nc(C)c(NC(=O)c2ccc(C(C)(C)C)cc2)c(C)n1. The lowest BCUT2D eigenvalue weighted by Gasteiger charge is -2.19. The Kier molecular flexibility index (Phi) is 4.68.